The van der Waals surface area contributed by atoms with Gasteiger partial charge in [0.25, 0.3) is 0 Å². The third-order valence-corrected chi connectivity index (χ3v) is 3.54. The van der Waals surface area contributed by atoms with E-state index in [4.69, 9.17) is 0 Å². The highest BCUT2D eigenvalue weighted by atomic mass is 79.9. The summed E-state index contributed by atoms with van der Waals surface area (Å²) in [4.78, 5) is 0. The molecule has 6 heteroatoms. The lowest BCUT2D eigenvalue weighted by Gasteiger charge is -2.02. The number of halogens is 2. The minimum atomic E-state index is 0.751. The summed E-state index contributed by atoms with van der Waals surface area (Å²) in [5.74, 6) is 0. The Labute approximate surface area is 108 Å². The fourth-order valence-corrected chi connectivity index (χ4v) is 2.55. The molecule has 1 heterocycles. The molecule has 0 amide bonds. The third kappa shape index (κ3) is 3.25. The SMILES string of the molecule is Brc1cccc(CNc2nnc(Br)s2)c1. The van der Waals surface area contributed by atoms with E-state index in [9.17, 15) is 0 Å². The van der Waals surface area contributed by atoms with Gasteiger partial charge in [0.05, 0.1) is 0 Å². The van der Waals surface area contributed by atoms with Crippen molar-refractivity contribution in [2.24, 2.45) is 0 Å². The number of nitrogens with one attached hydrogen (secondary N) is 1. The van der Waals surface area contributed by atoms with Gasteiger partial charge in [-0.3, -0.25) is 0 Å². The highest BCUT2D eigenvalue weighted by Crippen LogP contribution is 2.21. The molecule has 0 bridgehead atoms. The Morgan fingerprint density at radius 3 is 2.80 bits per heavy atom. The summed E-state index contributed by atoms with van der Waals surface area (Å²) in [6.07, 6.45) is 0. The molecule has 1 aromatic carbocycles. The average Bonchev–Trinajstić information content (AvgIpc) is 2.62. The first-order chi connectivity index (χ1) is 7.24. The minimum absolute atomic E-state index is 0.751. The van der Waals surface area contributed by atoms with E-state index >= 15 is 0 Å². The van der Waals surface area contributed by atoms with Crippen LogP contribution in [0, 0.1) is 0 Å². The number of benzene rings is 1. The summed E-state index contributed by atoms with van der Waals surface area (Å²) >= 11 is 8.18. The molecular weight excluding hydrogens is 342 g/mol. The van der Waals surface area contributed by atoms with Gasteiger partial charge in [-0.25, -0.2) is 0 Å². The molecule has 0 spiro atoms. The Bertz CT molecular complexity index is 458. The van der Waals surface area contributed by atoms with Gasteiger partial charge in [0.15, 0.2) is 3.92 Å². The highest BCUT2D eigenvalue weighted by molar-refractivity contribution is 9.11. The van der Waals surface area contributed by atoms with Crippen LogP contribution in [0.25, 0.3) is 0 Å². The topological polar surface area (TPSA) is 37.8 Å². The molecule has 0 radical (unpaired) electrons. The largest absolute Gasteiger partial charge is 0.356 e. The molecule has 15 heavy (non-hydrogen) atoms. The standard InChI is InChI=1S/C9H7Br2N3S/c10-7-3-1-2-6(4-7)5-12-9-14-13-8(11)15-9/h1-4H,5H2,(H,12,14). The molecule has 1 N–H and O–H groups in total. The van der Waals surface area contributed by atoms with Crippen LogP contribution in [0.2, 0.25) is 0 Å². The molecule has 0 saturated heterocycles. The molecule has 0 fully saturated rings. The van der Waals surface area contributed by atoms with Gasteiger partial charge in [-0.15, -0.1) is 10.2 Å². The van der Waals surface area contributed by atoms with E-state index < -0.39 is 0 Å². The van der Waals surface area contributed by atoms with Gasteiger partial charge in [-0.05, 0) is 33.6 Å². The first-order valence-corrected chi connectivity index (χ1v) is 6.61. The molecule has 3 nitrogen and oxygen atoms in total. The van der Waals surface area contributed by atoms with Gasteiger partial charge in [-0.2, -0.15) is 0 Å². The van der Waals surface area contributed by atoms with Gasteiger partial charge < -0.3 is 5.32 Å². The van der Waals surface area contributed by atoms with Gasteiger partial charge in [-0.1, -0.05) is 39.4 Å². The van der Waals surface area contributed by atoms with Crippen LogP contribution in [0.1, 0.15) is 5.56 Å². The van der Waals surface area contributed by atoms with Crippen LogP contribution < -0.4 is 5.32 Å². The lowest BCUT2D eigenvalue weighted by molar-refractivity contribution is 1.04. The first-order valence-electron chi connectivity index (χ1n) is 4.21. The van der Waals surface area contributed by atoms with E-state index in [2.05, 4.69) is 59.5 Å². The Kier molecular flexibility index (Phi) is 3.71. The van der Waals surface area contributed by atoms with Crippen molar-refractivity contribution >= 4 is 48.3 Å². The van der Waals surface area contributed by atoms with E-state index in [-0.39, 0.29) is 0 Å². The number of hydrogen-bond donors (Lipinski definition) is 1. The monoisotopic (exact) mass is 347 g/mol. The Balaban J connectivity index is 1.99. The Morgan fingerprint density at radius 1 is 1.27 bits per heavy atom. The van der Waals surface area contributed by atoms with E-state index in [1.54, 1.807) is 0 Å². The molecule has 1 aromatic heterocycles. The van der Waals surface area contributed by atoms with Crippen molar-refractivity contribution < 1.29 is 0 Å². The Hall–Kier alpha value is -0.460. The normalized spacial score (nSPS) is 10.3. The Morgan fingerprint density at radius 2 is 2.13 bits per heavy atom. The fourth-order valence-electron chi connectivity index (χ4n) is 1.10. The summed E-state index contributed by atoms with van der Waals surface area (Å²) in [7, 11) is 0. The second kappa shape index (κ2) is 5.05. The zero-order valence-electron chi connectivity index (χ0n) is 7.58. The average molecular weight is 349 g/mol. The van der Waals surface area contributed by atoms with Gasteiger partial charge in [0, 0.05) is 11.0 Å². The van der Waals surface area contributed by atoms with Crippen molar-refractivity contribution in [3.05, 3.63) is 38.2 Å². The summed E-state index contributed by atoms with van der Waals surface area (Å²) in [6.45, 7) is 0.751. The first kappa shape index (κ1) is 11.0. The van der Waals surface area contributed by atoms with Crippen LogP contribution in [-0.2, 0) is 6.54 Å². The molecule has 2 rings (SSSR count). The van der Waals surface area contributed by atoms with Crippen molar-refractivity contribution in [1.82, 2.24) is 10.2 Å². The molecule has 0 unspecified atom stereocenters. The van der Waals surface area contributed by atoms with Gasteiger partial charge >= 0.3 is 0 Å². The predicted octanol–water partition coefficient (Wildman–Crippen LogP) is 3.68. The van der Waals surface area contributed by atoms with E-state index in [0.29, 0.717) is 0 Å². The molecule has 0 aliphatic carbocycles. The van der Waals surface area contributed by atoms with Gasteiger partial charge in [0.1, 0.15) is 0 Å². The van der Waals surface area contributed by atoms with Crippen molar-refractivity contribution in [2.75, 3.05) is 5.32 Å². The maximum Gasteiger partial charge on any atom is 0.206 e. The molecule has 0 atom stereocenters. The second-order valence-corrected chi connectivity index (χ2v) is 6.01. The molecule has 0 aliphatic heterocycles. The number of aromatic nitrogens is 2. The highest BCUT2D eigenvalue weighted by Gasteiger charge is 2.00. The van der Waals surface area contributed by atoms with Crippen LogP contribution in [-0.4, -0.2) is 10.2 Å². The van der Waals surface area contributed by atoms with E-state index in [1.165, 1.54) is 16.9 Å². The lowest BCUT2D eigenvalue weighted by Crippen LogP contribution is -1.98. The summed E-state index contributed by atoms with van der Waals surface area (Å²) in [5.41, 5.74) is 1.20. The molecule has 78 valence electrons. The van der Waals surface area contributed by atoms with Crippen molar-refractivity contribution in [1.29, 1.82) is 0 Å². The smallest absolute Gasteiger partial charge is 0.206 e. The molecular formula is C9H7Br2N3S. The zero-order chi connectivity index (χ0) is 10.7. The van der Waals surface area contributed by atoms with Crippen LogP contribution in [0.3, 0.4) is 0 Å². The predicted molar refractivity (Wildman–Crippen MR) is 69.1 cm³/mol. The van der Waals surface area contributed by atoms with Crippen LogP contribution >= 0.6 is 43.2 Å². The van der Waals surface area contributed by atoms with Crippen LogP contribution in [0.15, 0.2) is 32.7 Å². The van der Waals surface area contributed by atoms with Crippen molar-refractivity contribution in [3.8, 4) is 0 Å². The quantitative estimate of drug-likeness (QED) is 0.919. The lowest BCUT2D eigenvalue weighted by atomic mass is 10.2. The number of anilines is 1. The summed E-state index contributed by atoms with van der Waals surface area (Å²) in [6, 6.07) is 8.15. The molecule has 2 aromatic rings. The molecule has 0 aliphatic rings. The summed E-state index contributed by atoms with van der Waals surface area (Å²) < 4.78 is 1.87. The second-order valence-electron chi connectivity index (χ2n) is 2.84. The van der Waals surface area contributed by atoms with E-state index in [1.807, 2.05) is 12.1 Å². The van der Waals surface area contributed by atoms with Crippen LogP contribution in [0.5, 0.6) is 0 Å². The zero-order valence-corrected chi connectivity index (χ0v) is 11.6. The van der Waals surface area contributed by atoms with Gasteiger partial charge in [0.2, 0.25) is 5.13 Å². The minimum Gasteiger partial charge on any atom is -0.356 e. The fraction of sp³-hybridized carbons (Fsp3) is 0.111. The maximum absolute atomic E-state index is 3.95. The van der Waals surface area contributed by atoms with Crippen molar-refractivity contribution in [3.63, 3.8) is 0 Å². The van der Waals surface area contributed by atoms with E-state index in [0.717, 1.165) is 20.1 Å². The maximum atomic E-state index is 3.95. The third-order valence-electron chi connectivity index (χ3n) is 1.73. The number of rotatable bonds is 3. The van der Waals surface area contributed by atoms with Crippen LogP contribution in [0.4, 0.5) is 5.13 Å². The number of nitrogens with zero attached hydrogens (tertiary/aromatic N) is 2. The number of hydrogen-bond acceptors (Lipinski definition) is 4. The van der Waals surface area contributed by atoms with Crippen molar-refractivity contribution in [2.45, 2.75) is 6.54 Å². The summed E-state index contributed by atoms with van der Waals surface area (Å²) in [5, 5.41) is 11.8. The molecule has 0 saturated carbocycles.